The van der Waals surface area contributed by atoms with E-state index >= 15 is 0 Å². The van der Waals surface area contributed by atoms with Gasteiger partial charge in [-0.3, -0.25) is 19.7 Å². The fourth-order valence-corrected chi connectivity index (χ4v) is 3.63. The minimum absolute atomic E-state index is 0.0787. The summed E-state index contributed by atoms with van der Waals surface area (Å²) >= 11 is 1.49. The fourth-order valence-electron chi connectivity index (χ4n) is 2.36. The van der Waals surface area contributed by atoms with E-state index in [-0.39, 0.29) is 35.6 Å². The predicted octanol–water partition coefficient (Wildman–Crippen LogP) is 2.04. The van der Waals surface area contributed by atoms with E-state index < -0.39 is 10.9 Å². The number of ether oxygens (including phenoxy) is 1. The van der Waals surface area contributed by atoms with Crippen molar-refractivity contribution in [3.05, 3.63) is 33.9 Å². The topological polar surface area (TPSA) is 110 Å². The monoisotopic (exact) mass is 340 g/mol. The van der Waals surface area contributed by atoms with Crippen LogP contribution in [0, 0.1) is 10.1 Å². The first-order valence-corrected chi connectivity index (χ1v) is 7.94. The Morgan fingerprint density at radius 2 is 2.22 bits per heavy atom. The number of carboxylic acid groups (broad SMARTS) is 1. The Bertz CT molecular complexity index is 636. The molecule has 1 N–H and O–H groups in total. The maximum absolute atomic E-state index is 12.2. The molecule has 8 nitrogen and oxygen atoms in total. The minimum Gasteiger partial charge on any atom is -0.490 e. The second kappa shape index (κ2) is 7.32. The van der Waals surface area contributed by atoms with E-state index in [9.17, 15) is 19.7 Å². The molecular weight excluding hydrogens is 324 g/mol. The van der Waals surface area contributed by atoms with Crippen LogP contribution in [0.2, 0.25) is 0 Å². The first-order chi connectivity index (χ1) is 10.9. The lowest BCUT2D eigenvalue weighted by atomic mass is 10.1. The van der Waals surface area contributed by atoms with Crippen molar-refractivity contribution in [1.82, 2.24) is 4.90 Å². The molecule has 1 saturated heterocycles. The van der Waals surface area contributed by atoms with Crippen molar-refractivity contribution < 1.29 is 24.4 Å². The molecule has 1 aromatic carbocycles. The molecule has 1 aliphatic heterocycles. The van der Waals surface area contributed by atoms with Crippen LogP contribution >= 0.6 is 11.8 Å². The summed E-state index contributed by atoms with van der Waals surface area (Å²) in [6.07, 6.45) is -0.305. The van der Waals surface area contributed by atoms with E-state index in [0.29, 0.717) is 17.9 Å². The van der Waals surface area contributed by atoms with Crippen LogP contribution in [0.1, 0.15) is 23.8 Å². The van der Waals surface area contributed by atoms with Crippen molar-refractivity contribution in [3.8, 4) is 5.75 Å². The average Bonchev–Trinajstić information content (AvgIpc) is 3.01. The molecule has 1 aliphatic rings. The number of thioether (sulfide) groups is 1. The number of benzene rings is 1. The van der Waals surface area contributed by atoms with Crippen LogP contribution in [0.15, 0.2) is 18.2 Å². The molecular formula is C14H16N2O6S. The number of carbonyl (C=O) groups is 2. The number of nitro benzene ring substituents is 1. The Morgan fingerprint density at radius 3 is 2.83 bits per heavy atom. The largest absolute Gasteiger partial charge is 0.490 e. The van der Waals surface area contributed by atoms with Gasteiger partial charge in [0.25, 0.3) is 0 Å². The molecule has 0 saturated carbocycles. The van der Waals surface area contributed by atoms with E-state index in [2.05, 4.69) is 0 Å². The van der Waals surface area contributed by atoms with Gasteiger partial charge in [-0.05, 0) is 11.6 Å². The molecule has 1 heterocycles. The second-order valence-electron chi connectivity index (χ2n) is 4.89. The summed E-state index contributed by atoms with van der Waals surface area (Å²) in [5, 5.41) is 19.4. The van der Waals surface area contributed by atoms with Crippen molar-refractivity contribution in [2.75, 3.05) is 19.4 Å². The van der Waals surface area contributed by atoms with Gasteiger partial charge in [0.05, 0.1) is 18.5 Å². The Hall–Kier alpha value is -2.29. The fraction of sp³-hybridized carbons (Fsp3) is 0.429. The zero-order valence-electron chi connectivity index (χ0n) is 12.4. The highest BCUT2D eigenvalue weighted by Crippen LogP contribution is 2.41. The van der Waals surface area contributed by atoms with E-state index in [1.54, 1.807) is 11.0 Å². The van der Waals surface area contributed by atoms with E-state index in [0.717, 1.165) is 0 Å². The summed E-state index contributed by atoms with van der Waals surface area (Å²) in [6.45, 7) is 0.494. The van der Waals surface area contributed by atoms with Crippen LogP contribution in [0.25, 0.3) is 0 Å². The van der Waals surface area contributed by atoms with Gasteiger partial charge in [0.1, 0.15) is 5.37 Å². The lowest BCUT2D eigenvalue weighted by Crippen LogP contribution is -2.30. The average molecular weight is 340 g/mol. The summed E-state index contributed by atoms with van der Waals surface area (Å²) in [4.78, 5) is 34.9. The summed E-state index contributed by atoms with van der Waals surface area (Å²) in [7, 11) is 1.36. The first kappa shape index (κ1) is 17.1. The second-order valence-corrected chi connectivity index (χ2v) is 6.08. The minimum atomic E-state index is -1.03. The molecule has 9 heteroatoms. The zero-order valence-corrected chi connectivity index (χ0v) is 13.2. The van der Waals surface area contributed by atoms with Crippen molar-refractivity contribution in [3.63, 3.8) is 0 Å². The van der Waals surface area contributed by atoms with Crippen molar-refractivity contribution in [1.29, 1.82) is 0 Å². The van der Waals surface area contributed by atoms with E-state index in [4.69, 9.17) is 9.84 Å². The Morgan fingerprint density at radius 1 is 1.48 bits per heavy atom. The summed E-state index contributed by atoms with van der Waals surface area (Å²) in [6, 6.07) is 4.60. The van der Waals surface area contributed by atoms with Crippen LogP contribution in [-0.4, -0.2) is 46.2 Å². The quantitative estimate of drug-likeness (QED) is 0.623. The van der Waals surface area contributed by atoms with Gasteiger partial charge >= 0.3 is 11.7 Å². The van der Waals surface area contributed by atoms with Gasteiger partial charge < -0.3 is 14.7 Å². The van der Waals surface area contributed by atoms with Crippen LogP contribution in [0.3, 0.4) is 0 Å². The van der Waals surface area contributed by atoms with Gasteiger partial charge in [-0.15, -0.1) is 11.8 Å². The summed E-state index contributed by atoms with van der Waals surface area (Å²) < 4.78 is 4.97. The number of carbonyl (C=O) groups excluding carboxylic acids is 1. The number of nitrogens with zero attached hydrogens (tertiary/aromatic N) is 2. The lowest BCUT2D eigenvalue weighted by molar-refractivity contribution is -0.385. The van der Waals surface area contributed by atoms with Gasteiger partial charge in [-0.1, -0.05) is 6.07 Å². The molecule has 0 bridgehead atoms. The van der Waals surface area contributed by atoms with Gasteiger partial charge in [0, 0.05) is 24.8 Å². The Labute approximate surface area is 136 Å². The Kier molecular flexibility index (Phi) is 5.43. The third-order valence-corrected chi connectivity index (χ3v) is 4.71. The number of nitro groups is 1. The smallest absolute Gasteiger partial charge is 0.311 e. The molecule has 0 aromatic heterocycles. The molecule has 0 unspecified atom stereocenters. The molecule has 0 spiro atoms. The van der Waals surface area contributed by atoms with Gasteiger partial charge in [0.2, 0.25) is 5.91 Å². The number of hydrogen-bond donors (Lipinski definition) is 1. The van der Waals surface area contributed by atoms with Crippen molar-refractivity contribution in [2.24, 2.45) is 0 Å². The van der Waals surface area contributed by atoms with Crippen LogP contribution in [0.5, 0.6) is 5.75 Å². The Balaban J connectivity index is 2.22. The van der Waals surface area contributed by atoms with Crippen LogP contribution in [-0.2, 0) is 9.59 Å². The van der Waals surface area contributed by atoms with E-state index in [1.807, 2.05) is 0 Å². The predicted molar refractivity (Wildman–Crippen MR) is 83.4 cm³/mol. The van der Waals surface area contributed by atoms with Crippen LogP contribution < -0.4 is 4.74 Å². The molecule has 0 aliphatic carbocycles. The lowest BCUT2D eigenvalue weighted by Gasteiger charge is -2.24. The van der Waals surface area contributed by atoms with Gasteiger partial charge in [-0.25, -0.2) is 0 Å². The molecule has 1 amide bonds. The molecule has 23 heavy (non-hydrogen) atoms. The SMILES string of the molecule is COc1ccc([C@H]2SCCN2C(=O)CCC(=O)O)cc1[N+](=O)[O-]. The third kappa shape index (κ3) is 3.92. The highest BCUT2D eigenvalue weighted by molar-refractivity contribution is 7.99. The molecule has 0 radical (unpaired) electrons. The number of methoxy groups -OCH3 is 1. The molecule has 1 aromatic rings. The van der Waals surface area contributed by atoms with Crippen molar-refractivity contribution >= 4 is 29.3 Å². The number of aliphatic carboxylic acids is 1. The highest BCUT2D eigenvalue weighted by atomic mass is 32.2. The number of amides is 1. The zero-order chi connectivity index (χ0) is 17.0. The number of rotatable bonds is 6. The highest BCUT2D eigenvalue weighted by Gasteiger charge is 2.32. The standard InChI is InChI=1S/C14H16N2O6S/c1-22-11-3-2-9(8-10(11)16(20)21)14-15(6-7-23-14)12(17)4-5-13(18)19/h2-3,8,14H,4-7H2,1H3,(H,18,19)/t14-/m1/s1. The molecule has 2 rings (SSSR count). The van der Waals surface area contributed by atoms with Crippen molar-refractivity contribution in [2.45, 2.75) is 18.2 Å². The summed E-state index contributed by atoms with van der Waals surface area (Å²) in [5.74, 6) is -0.434. The van der Waals surface area contributed by atoms with Gasteiger partial charge in [-0.2, -0.15) is 0 Å². The van der Waals surface area contributed by atoms with Crippen LogP contribution in [0.4, 0.5) is 5.69 Å². The molecule has 1 atom stereocenters. The summed E-state index contributed by atoms with van der Waals surface area (Å²) in [5.41, 5.74) is 0.471. The number of carboxylic acids is 1. The normalized spacial score (nSPS) is 17.1. The maximum atomic E-state index is 12.2. The maximum Gasteiger partial charge on any atom is 0.311 e. The third-order valence-electron chi connectivity index (χ3n) is 3.45. The molecule has 124 valence electrons. The molecule has 1 fully saturated rings. The van der Waals surface area contributed by atoms with E-state index in [1.165, 1.54) is 31.0 Å². The van der Waals surface area contributed by atoms with Gasteiger partial charge in [0.15, 0.2) is 5.75 Å². The number of hydrogen-bond acceptors (Lipinski definition) is 6. The first-order valence-electron chi connectivity index (χ1n) is 6.89.